The maximum Gasteiger partial charge on any atom is 0.168 e. The molecule has 2 atom stereocenters. The summed E-state index contributed by atoms with van der Waals surface area (Å²) >= 11 is 6.17. The number of rotatable bonds is 5. The molecule has 0 aliphatic carbocycles. The van der Waals surface area contributed by atoms with Crippen LogP contribution in [0.15, 0.2) is 24.3 Å². The van der Waals surface area contributed by atoms with Crippen LogP contribution in [0.1, 0.15) is 32.3 Å². The van der Waals surface area contributed by atoms with Crippen LogP contribution >= 0.6 is 11.6 Å². The first-order chi connectivity index (χ1) is 9.14. The summed E-state index contributed by atoms with van der Waals surface area (Å²) in [5, 5.41) is 10.2. The highest BCUT2D eigenvalue weighted by Crippen LogP contribution is 2.36. The van der Waals surface area contributed by atoms with Crippen LogP contribution in [0.2, 0.25) is 5.02 Å². The fraction of sp³-hybridized carbons (Fsp3) is 0.600. The van der Waals surface area contributed by atoms with Crippen molar-refractivity contribution in [1.82, 2.24) is 0 Å². The topological polar surface area (TPSA) is 38.7 Å². The quantitative estimate of drug-likeness (QED) is 0.902. The average Bonchev–Trinajstić information content (AvgIpc) is 2.80. The summed E-state index contributed by atoms with van der Waals surface area (Å²) in [7, 11) is 0. The zero-order valence-electron chi connectivity index (χ0n) is 11.4. The first-order valence-electron chi connectivity index (χ1n) is 6.84. The van der Waals surface area contributed by atoms with Gasteiger partial charge in [-0.1, -0.05) is 43.6 Å². The zero-order chi connectivity index (χ0) is 13.9. The summed E-state index contributed by atoms with van der Waals surface area (Å²) in [4.78, 5) is 0. The van der Waals surface area contributed by atoms with Crippen molar-refractivity contribution in [3.63, 3.8) is 0 Å². The molecule has 1 N–H and O–H groups in total. The SMILES string of the molecule is CCC1(CC)O[C@@H](CO)[C@H](Cc2ccccc2Cl)O1. The summed E-state index contributed by atoms with van der Waals surface area (Å²) in [6.07, 6.45) is 1.78. The van der Waals surface area contributed by atoms with Gasteiger partial charge in [0.1, 0.15) is 6.10 Å². The number of aliphatic hydroxyl groups is 1. The normalized spacial score (nSPS) is 25.7. The van der Waals surface area contributed by atoms with E-state index >= 15 is 0 Å². The Morgan fingerprint density at radius 1 is 1.16 bits per heavy atom. The predicted octanol–water partition coefficient (Wildman–Crippen LogP) is 3.18. The monoisotopic (exact) mass is 284 g/mol. The van der Waals surface area contributed by atoms with Crippen molar-refractivity contribution in [3.8, 4) is 0 Å². The molecule has 1 aliphatic rings. The van der Waals surface area contributed by atoms with E-state index in [0.717, 1.165) is 23.4 Å². The van der Waals surface area contributed by atoms with Gasteiger partial charge in [-0.2, -0.15) is 0 Å². The Kier molecular flexibility index (Phi) is 4.85. The van der Waals surface area contributed by atoms with Gasteiger partial charge in [-0.25, -0.2) is 0 Å². The molecule has 0 amide bonds. The fourth-order valence-corrected chi connectivity index (χ4v) is 2.74. The van der Waals surface area contributed by atoms with E-state index in [-0.39, 0.29) is 18.8 Å². The number of aliphatic hydroxyl groups excluding tert-OH is 1. The standard InChI is InChI=1S/C15H21ClO3/c1-3-15(4-2)18-13(14(10-17)19-15)9-11-7-5-6-8-12(11)16/h5-8,13-14,17H,3-4,9-10H2,1-2H3/t13-,14-/m0/s1. The first-order valence-corrected chi connectivity index (χ1v) is 7.21. The Hall–Kier alpha value is -0.610. The smallest absolute Gasteiger partial charge is 0.168 e. The van der Waals surface area contributed by atoms with Gasteiger partial charge in [0.2, 0.25) is 0 Å². The van der Waals surface area contributed by atoms with Crippen LogP contribution < -0.4 is 0 Å². The second kappa shape index (κ2) is 6.23. The highest BCUT2D eigenvalue weighted by atomic mass is 35.5. The van der Waals surface area contributed by atoms with Crippen LogP contribution in [0, 0.1) is 0 Å². The molecule has 0 bridgehead atoms. The van der Waals surface area contributed by atoms with E-state index in [1.54, 1.807) is 0 Å². The van der Waals surface area contributed by atoms with E-state index in [4.69, 9.17) is 21.1 Å². The Morgan fingerprint density at radius 2 is 1.79 bits per heavy atom. The lowest BCUT2D eigenvalue weighted by molar-refractivity contribution is -0.181. The van der Waals surface area contributed by atoms with Crippen molar-refractivity contribution < 1.29 is 14.6 Å². The van der Waals surface area contributed by atoms with Gasteiger partial charge in [-0.3, -0.25) is 0 Å². The van der Waals surface area contributed by atoms with Gasteiger partial charge in [0.15, 0.2) is 5.79 Å². The molecule has 0 saturated carbocycles. The minimum Gasteiger partial charge on any atom is -0.394 e. The lowest BCUT2D eigenvalue weighted by Crippen LogP contribution is -2.29. The number of hydrogen-bond donors (Lipinski definition) is 1. The Balaban J connectivity index is 2.13. The van der Waals surface area contributed by atoms with E-state index in [9.17, 15) is 5.11 Å². The molecule has 1 saturated heterocycles. The molecule has 1 aliphatic heterocycles. The van der Waals surface area contributed by atoms with Crippen molar-refractivity contribution in [2.45, 2.75) is 51.1 Å². The zero-order valence-corrected chi connectivity index (χ0v) is 12.2. The lowest BCUT2D eigenvalue weighted by atomic mass is 10.0. The van der Waals surface area contributed by atoms with Gasteiger partial charge >= 0.3 is 0 Å². The number of benzene rings is 1. The minimum absolute atomic E-state index is 0.0309. The fourth-order valence-electron chi connectivity index (χ4n) is 2.52. The number of halogens is 1. The number of ether oxygens (including phenoxy) is 2. The minimum atomic E-state index is -0.556. The second-order valence-corrected chi connectivity index (χ2v) is 5.32. The maximum absolute atomic E-state index is 9.47. The Morgan fingerprint density at radius 3 is 2.37 bits per heavy atom. The molecule has 0 unspecified atom stereocenters. The summed E-state index contributed by atoms with van der Waals surface area (Å²) in [5.41, 5.74) is 1.03. The molecule has 19 heavy (non-hydrogen) atoms. The summed E-state index contributed by atoms with van der Waals surface area (Å²) in [5.74, 6) is -0.556. The lowest BCUT2D eigenvalue weighted by Gasteiger charge is -2.25. The van der Waals surface area contributed by atoms with E-state index in [1.165, 1.54) is 0 Å². The molecule has 3 nitrogen and oxygen atoms in total. The van der Waals surface area contributed by atoms with Crippen LogP contribution in [0.3, 0.4) is 0 Å². The van der Waals surface area contributed by atoms with Crippen molar-refractivity contribution in [2.75, 3.05) is 6.61 Å². The maximum atomic E-state index is 9.47. The van der Waals surface area contributed by atoms with Gasteiger partial charge < -0.3 is 14.6 Å². The average molecular weight is 285 g/mol. The first kappa shape index (κ1) is 14.8. The molecule has 0 radical (unpaired) electrons. The van der Waals surface area contributed by atoms with Gasteiger partial charge in [-0.15, -0.1) is 0 Å². The highest BCUT2D eigenvalue weighted by molar-refractivity contribution is 6.31. The van der Waals surface area contributed by atoms with Crippen LogP contribution in [0.25, 0.3) is 0 Å². The summed E-state index contributed by atoms with van der Waals surface area (Å²) in [6, 6.07) is 7.72. The molecule has 1 aromatic rings. The predicted molar refractivity (Wildman–Crippen MR) is 75.3 cm³/mol. The molecule has 2 rings (SSSR count). The Bertz CT molecular complexity index is 418. The van der Waals surface area contributed by atoms with E-state index in [0.29, 0.717) is 6.42 Å². The van der Waals surface area contributed by atoms with Gasteiger partial charge in [0.05, 0.1) is 12.7 Å². The van der Waals surface area contributed by atoms with E-state index in [1.807, 2.05) is 38.1 Å². The van der Waals surface area contributed by atoms with Gasteiger partial charge in [0, 0.05) is 11.4 Å². The van der Waals surface area contributed by atoms with Crippen molar-refractivity contribution in [2.24, 2.45) is 0 Å². The molecule has 4 heteroatoms. The van der Waals surface area contributed by atoms with Crippen molar-refractivity contribution in [1.29, 1.82) is 0 Å². The van der Waals surface area contributed by atoms with Crippen LogP contribution in [-0.2, 0) is 15.9 Å². The van der Waals surface area contributed by atoms with Gasteiger partial charge in [-0.05, 0) is 24.5 Å². The molecule has 106 valence electrons. The van der Waals surface area contributed by atoms with Crippen LogP contribution in [0.5, 0.6) is 0 Å². The molecular formula is C15H21ClO3. The second-order valence-electron chi connectivity index (χ2n) is 4.91. The molecule has 0 aromatic heterocycles. The Labute approximate surface area is 119 Å². The molecule has 1 fully saturated rings. The summed E-state index contributed by atoms with van der Waals surface area (Å²) < 4.78 is 12.0. The third-order valence-electron chi connectivity index (χ3n) is 3.78. The van der Waals surface area contributed by atoms with Crippen molar-refractivity contribution in [3.05, 3.63) is 34.9 Å². The van der Waals surface area contributed by atoms with Crippen LogP contribution in [0.4, 0.5) is 0 Å². The van der Waals surface area contributed by atoms with Crippen molar-refractivity contribution >= 4 is 11.6 Å². The molecular weight excluding hydrogens is 264 g/mol. The highest BCUT2D eigenvalue weighted by Gasteiger charge is 2.44. The van der Waals surface area contributed by atoms with E-state index < -0.39 is 5.79 Å². The molecule has 0 spiro atoms. The van der Waals surface area contributed by atoms with E-state index in [2.05, 4.69) is 0 Å². The van der Waals surface area contributed by atoms with Gasteiger partial charge in [0.25, 0.3) is 0 Å². The molecule has 1 heterocycles. The third kappa shape index (κ3) is 3.11. The summed E-state index contributed by atoms with van der Waals surface area (Å²) in [6.45, 7) is 4.04. The number of hydrogen-bond acceptors (Lipinski definition) is 3. The third-order valence-corrected chi connectivity index (χ3v) is 4.15. The molecule has 1 aromatic carbocycles. The largest absolute Gasteiger partial charge is 0.394 e. The van der Waals surface area contributed by atoms with Crippen LogP contribution in [-0.4, -0.2) is 29.7 Å².